The summed E-state index contributed by atoms with van der Waals surface area (Å²) in [6, 6.07) is 15.4. The zero-order chi connectivity index (χ0) is 24.9. The third-order valence-electron chi connectivity index (χ3n) is 7.00. The predicted molar refractivity (Wildman–Crippen MR) is 130 cm³/mol. The Kier molecular flexibility index (Phi) is 7.70. The van der Waals surface area contributed by atoms with E-state index >= 15 is 0 Å². The second-order valence-electron chi connectivity index (χ2n) is 9.24. The average molecular weight is 481 g/mol. The smallest absolute Gasteiger partial charge is 0.407 e. The van der Waals surface area contributed by atoms with E-state index in [2.05, 4.69) is 34.9 Å². The number of benzene rings is 2. The molecule has 2 aromatic carbocycles. The third-order valence-corrected chi connectivity index (χ3v) is 7.00. The zero-order valence-electron chi connectivity index (χ0n) is 20.0. The first kappa shape index (κ1) is 24.7. The summed E-state index contributed by atoms with van der Waals surface area (Å²) in [5.41, 5.74) is 4.53. The van der Waals surface area contributed by atoms with Crippen molar-refractivity contribution in [3.63, 3.8) is 0 Å². The number of rotatable bonds is 9. The number of amides is 2. The molecule has 0 saturated carbocycles. The summed E-state index contributed by atoms with van der Waals surface area (Å²) in [7, 11) is 0. The van der Waals surface area contributed by atoms with E-state index in [4.69, 9.17) is 14.6 Å². The lowest BCUT2D eigenvalue weighted by Gasteiger charge is -2.24. The molecule has 8 nitrogen and oxygen atoms in total. The molecular formula is C27H32N2O6. The molecule has 0 aromatic heterocycles. The van der Waals surface area contributed by atoms with Gasteiger partial charge in [-0.15, -0.1) is 0 Å². The van der Waals surface area contributed by atoms with Gasteiger partial charge >= 0.3 is 12.1 Å². The summed E-state index contributed by atoms with van der Waals surface area (Å²) < 4.78 is 11.1. The quantitative estimate of drug-likeness (QED) is 0.504. The van der Waals surface area contributed by atoms with Crippen molar-refractivity contribution in [2.45, 2.75) is 57.3 Å². The SMILES string of the molecule is CC[C@H](C)[C@H](NC(=O)OCC1c2ccccc2-c2ccccc21)C(=O)NCC1CCC(C(=O)O)O1. The fraction of sp³-hybridized carbons (Fsp3) is 0.444. The molecule has 1 heterocycles. The van der Waals surface area contributed by atoms with Crippen LogP contribution in [-0.4, -0.2) is 54.5 Å². The third kappa shape index (κ3) is 5.48. The Hall–Kier alpha value is -3.39. The molecule has 0 radical (unpaired) electrons. The van der Waals surface area contributed by atoms with Gasteiger partial charge in [0.1, 0.15) is 12.6 Å². The molecule has 2 amide bonds. The molecular weight excluding hydrogens is 448 g/mol. The van der Waals surface area contributed by atoms with Crippen LogP contribution in [0.4, 0.5) is 4.79 Å². The summed E-state index contributed by atoms with van der Waals surface area (Å²) in [5, 5.41) is 14.6. The second kappa shape index (κ2) is 10.9. The van der Waals surface area contributed by atoms with Crippen LogP contribution in [0.5, 0.6) is 0 Å². The van der Waals surface area contributed by atoms with Crippen LogP contribution >= 0.6 is 0 Å². The monoisotopic (exact) mass is 480 g/mol. The first-order valence-corrected chi connectivity index (χ1v) is 12.2. The largest absolute Gasteiger partial charge is 0.479 e. The van der Waals surface area contributed by atoms with E-state index in [1.165, 1.54) is 0 Å². The molecule has 4 rings (SSSR count). The summed E-state index contributed by atoms with van der Waals surface area (Å²) in [4.78, 5) is 36.7. The van der Waals surface area contributed by atoms with Crippen LogP contribution in [0.2, 0.25) is 0 Å². The molecule has 1 saturated heterocycles. The summed E-state index contributed by atoms with van der Waals surface area (Å²) in [6.45, 7) is 4.20. The minimum atomic E-state index is -0.992. The lowest BCUT2D eigenvalue weighted by atomic mass is 9.98. The molecule has 0 spiro atoms. The normalized spacial score (nSPS) is 20.4. The molecule has 8 heteroatoms. The fourth-order valence-corrected chi connectivity index (χ4v) is 4.83. The van der Waals surface area contributed by atoms with Crippen molar-refractivity contribution in [2.75, 3.05) is 13.2 Å². The van der Waals surface area contributed by atoms with Crippen LogP contribution in [-0.2, 0) is 19.1 Å². The van der Waals surface area contributed by atoms with E-state index < -0.39 is 24.2 Å². The van der Waals surface area contributed by atoms with Crippen molar-refractivity contribution in [1.29, 1.82) is 0 Å². The minimum absolute atomic E-state index is 0.0641. The van der Waals surface area contributed by atoms with Gasteiger partial charge in [0.2, 0.25) is 5.91 Å². The van der Waals surface area contributed by atoms with Crippen molar-refractivity contribution in [2.24, 2.45) is 5.92 Å². The summed E-state index contributed by atoms with van der Waals surface area (Å²) in [6.07, 6.45) is -0.167. The highest BCUT2D eigenvalue weighted by Gasteiger charge is 2.33. The standard InChI is InChI=1S/C27H32N2O6/c1-3-16(2)24(25(30)28-14-17-12-13-23(35-17)26(31)32)29-27(33)34-15-22-20-10-6-4-8-18(20)19-9-5-7-11-21(19)22/h4-11,16-17,22-24H,3,12-15H2,1-2H3,(H,28,30)(H,29,33)(H,31,32)/t16-,17?,23?,24-/m0/s1. The van der Waals surface area contributed by atoms with E-state index in [1.807, 2.05) is 38.1 Å². The van der Waals surface area contributed by atoms with E-state index in [-0.39, 0.29) is 37.0 Å². The maximum absolute atomic E-state index is 12.9. The number of ether oxygens (including phenoxy) is 2. The number of alkyl carbamates (subject to hydrolysis) is 1. The molecule has 2 aromatic rings. The number of fused-ring (bicyclic) bond motifs is 3. The molecule has 2 aliphatic rings. The van der Waals surface area contributed by atoms with E-state index in [1.54, 1.807) is 0 Å². The topological polar surface area (TPSA) is 114 Å². The van der Waals surface area contributed by atoms with E-state index in [0.717, 1.165) is 22.3 Å². The average Bonchev–Trinajstić information content (AvgIpc) is 3.47. The molecule has 2 unspecified atom stereocenters. The highest BCUT2D eigenvalue weighted by molar-refractivity contribution is 5.86. The summed E-state index contributed by atoms with van der Waals surface area (Å²) in [5.74, 6) is -1.51. The molecule has 1 aliphatic carbocycles. The van der Waals surface area contributed by atoms with Crippen LogP contribution in [0.15, 0.2) is 48.5 Å². The van der Waals surface area contributed by atoms with Crippen molar-refractivity contribution in [1.82, 2.24) is 10.6 Å². The van der Waals surface area contributed by atoms with Gasteiger partial charge in [-0.3, -0.25) is 4.79 Å². The molecule has 0 bridgehead atoms. The van der Waals surface area contributed by atoms with Gasteiger partial charge in [0, 0.05) is 12.5 Å². The van der Waals surface area contributed by atoms with E-state index in [9.17, 15) is 14.4 Å². The maximum Gasteiger partial charge on any atom is 0.407 e. The Morgan fingerprint density at radius 3 is 2.26 bits per heavy atom. The lowest BCUT2D eigenvalue weighted by molar-refractivity contribution is -0.149. The lowest BCUT2D eigenvalue weighted by Crippen LogP contribution is -2.51. The summed E-state index contributed by atoms with van der Waals surface area (Å²) >= 11 is 0. The van der Waals surface area contributed by atoms with Crippen LogP contribution in [0.3, 0.4) is 0 Å². The minimum Gasteiger partial charge on any atom is -0.479 e. The fourth-order valence-electron chi connectivity index (χ4n) is 4.83. The molecule has 3 N–H and O–H groups in total. The number of carbonyl (C=O) groups excluding carboxylic acids is 2. The van der Waals surface area contributed by atoms with Crippen LogP contribution in [0, 0.1) is 5.92 Å². The van der Waals surface area contributed by atoms with Crippen molar-refractivity contribution in [3.8, 4) is 11.1 Å². The Bertz CT molecular complexity index is 1040. The number of nitrogens with one attached hydrogen (secondary N) is 2. The van der Waals surface area contributed by atoms with Crippen LogP contribution in [0.25, 0.3) is 11.1 Å². The van der Waals surface area contributed by atoms with Gasteiger partial charge in [-0.2, -0.15) is 0 Å². The zero-order valence-corrected chi connectivity index (χ0v) is 20.0. The van der Waals surface area contributed by atoms with Gasteiger partial charge in [0.25, 0.3) is 0 Å². The van der Waals surface area contributed by atoms with Gasteiger partial charge in [-0.1, -0.05) is 68.8 Å². The van der Waals surface area contributed by atoms with Crippen molar-refractivity contribution >= 4 is 18.0 Å². The first-order valence-electron chi connectivity index (χ1n) is 12.2. The van der Waals surface area contributed by atoms with Gasteiger partial charge in [0.05, 0.1) is 6.10 Å². The van der Waals surface area contributed by atoms with Crippen molar-refractivity contribution < 1.29 is 29.0 Å². The number of hydrogen-bond acceptors (Lipinski definition) is 5. The predicted octanol–water partition coefficient (Wildman–Crippen LogP) is 3.69. The van der Waals surface area contributed by atoms with Gasteiger partial charge in [0.15, 0.2) is 6.10 Å². The highest BCUT2D eigenvalue weighted by atomic mass is 16.5. The number of carbonyl (C=O) groups is 3. The van der Waals surface area contributed by atoms with Gasteiger partial charge < -0.3 is 25.2 Å². The number of carboxylic acids is 1. The second-order valence-corrected chi connectivity index (χ2v) is 9.24. The molecule has 186 valence electrons. The number of carboxylic acid groups (broad SMARTS) is 1. The molecule has 1 aliphatic heterocycles. The number of hydrogen-bond donors (Lipinski definition) is 3. The van der Waals surface area contributed by atoms with Crippen molar-refractivity contribution in [3.05, 3.63) is 59.7 Å². The first-order chi connectivity index (χ1) is 16.9. The maximum atomic E-state index is 12.9. The Labute approximate surface area is 205 Å². The van der Waals surface area contributed by atoms with Crippen LogP contribution < -0.4 is 10.6 Å². The molecule has 1 fully saturated rings. The Morgan fingerprint density at radius 2 is 1.69 bits per heavy atom. The van der Waals surface area contributed by atoms with Gasteiger partial charge in [-0.05, 0) is 41.0 Å². The number of aliphatic carboxylic acids is 1. The highest BCUT2D eigenvalue weighted by Crippen LogP contribution is 2.44. The Balaban J connectivity index is 1.34. The van der Waals surface area contributed by atoms with E-state index in [0.29, 0.717) is 19.3 Å². The van der Waals surface area contributed by atoms with Crippen LogP contribution in [0.1, 0.15) is 50.2 Å². The van der Waals surface area contributed by atoms with Gasteiger partial charge in [-0.25, -0.2) is 9.59 Å². The Morgan fingerprint density at radius 1 is 1.06 bits per heavy atom. The molecule has 35 heavy (non-hydrogen) atoms. The molecule has 4 atom stereocenters.